The van der Waals surface area contributed by atoms with E-state index in [1.54, 1.807) is 24.6 Å². The van der Waals surface area contributed by atoms with Crippen LogP contribution in [0.4, 0.5) is 0 Å². The highest BCUT2D eigenvalue weighted by Gasteiger charge is 2.15. The van der Waals surface area contributed by atoms with Crippen LogP contribution in [0, 0.1) is 0 Å². The van der Waals surface area contributed by atoms with Gasteiger partial charge in [-0.3, -0.25) is 14.0 Å². The summed E-state index contributed by atoms with van der Waals surface area (Å²) in [7, 11) is 1.59. The van der Waals surface area contributed by atoms with Crippen LogP contribution < -0.4 is 10.3 Å². The normalized spacial score (nSPS) is 11.3. The summed E-state index contributed by atoms with van der Waals surface area (Å²) in [5.41, 5.74) is 1.12. The van der Waals surface area contributed by atoms with Crippen molar-refractivity contribution in [2.24, 2.45) is 0 Å². The van der Waals surface area contributed by atoms with Gasteiger partial charge in [0.25, 0.3) is 5.56 Å². The Morgan fingerprint density at radius 1 is 1.36 bits per heavy atom. The Morgan fingerprint density at radius 2 is 2.08 bits per heavy atom. The summed E-state index contributed by atoms with van der Waals surface area (Å²) in [6.07, 6.45) is 3.18. The molecule has 2 aromatic heterocycles. The highest BCUT2D eigenvalue weighted by molar-refractivity contribution is 7.15. The van der Waals surface area contributed by atoms with E-state index in [0.717, 1.165) is 11.3 Å². The van der Waals surface area contributed by atoms with Gasteiger partial charge in [0.05, 0.1) is 19.2 Å². The van der Waals surface area contributed by atoms with Gasteiger partial charge in [0.2, 0.25) is 0 Å². The predicted octanol–water partition coefficient (Wildman–Crippen LogP) is 3.22. The molecule has 0 fully saturated rings. The number of carbonyl (C=O) groups is 1. The van der Waals surface area contributed by atoms with Crippen LogP contribution in [0.1, 0.15) is 17.0 Å². The molecule has 3 aromatic rings. The van der Waals surface area contributed by atoms with Gasteiger partial charge in [-0.2, -0.15) is 0 Å². The molecular weight excluding hydrogens is 364 g/mol. The van der Waals surface area contributed by atoms with Gasteiger partial charge in [0.15, 0.2) is 4.96 Å². The average molecular weight is 377 g/mol. The molecule has 1 N–H and O–H groups in total. The Labute approximate surface area is 151 Å². The second kappa shape index (κ2) is 7.08. The van der Waals surface area contributed by atoms with Gasteiger partial charge in [0, 0.05) is 11.1 Å². The second-order valence-corrected chi connectivity index (χ2v) is 6.35. The number of halogens is 1. The lowest BCUT2D eigenvalue weighted by molar-refractivity contribution is -0.136. The third kappa shape index (κ3) is 3.57. The summed E-state index contributed by atoms with van der Waals surface area (Å²) >= 11 is 7.34. The molecule has 3 rings (SSSR count). The summed E-state index contributed by atoms with van der Waals surface area (Å²) in [4.78, 5) is 28.1. The zero-order chi connectivity index (χ0) is 18.0. The maximum absolute atomic E-state index is 12.5. The Bertz CT molecular complexity index is 1020. The van der Waals surface area contributed by atoms with Crippen LogP contribution in [0.5, 0.6) is 5.75 Å². The molecule has 0 bridgehead atoms. The largest absolute Gasteiger partial charge is 0.497 e. The van der Waals surface area contributed by atoms with Gasteiger partial charge < -0.3 is 9.84 Å². The van der Waals surface area contributed by atoms with Gasteiger partial charge in [-0.1, -0.05) is 29.8 Å². The number of hydrogen-bond donors (Lipinski definition) is 1. The van der Waals surface area contributed by atoms with E-state index in [0.29, 0.717) is 16.3 Å². The molecule has 0 saturated heterocycles. The van der Waals surface area contributed by atoms with Gasteiger partial charge in [-0.05, 0) is 23.8 Å². The standard InChI is InChI=1S/C17H13ClN2O4S/c1-24-12-5-2-10(3-6-12)4-7-13-15(18)16(23)20-11(8-14(21)22)9-25-17(20)19-13/h2-7,9H,8H2,1H3,(H,21,22). The van der Waals surface area contributed by atoms with Crippen LogP contribution in [0.3, 0.4) is 0 Å². The number of carboxylic acid groups (broad SMARTS) is 1. The zero-order valence-corrected chi connectivity index (χ0v) is 14.7. The van der Waals surface area contributed by atoms with Crippen molar-refractivity contribution in [3.8, 4) is 5.75 Å². The molecule has 0 aliphatic rings. The monoisotopic (exact) mass is 376 g/mol. The molecule has 0 unspecified atom stereocenters. The molecule has 2 heterocycles. The fourth-order valence-electron chi connectivity index (χ4n) is 2.28. The van der Waals surface area contributed by atoms with Crippen molar-refractivity contribution in [1.82, 2.24) is 9.38 Å². The van der Waals surface area contributed by atoms with E-state index in [-0.39, 0.29) is 11.4 Å². The van der Waals surface area contributed by atoms with Crippen LogP contribution in [0.2, 0.25) is 5.02 Å². The number of nitrogens with zero attached hydrogens (tertiary/aromatic N) is 2. The minimum absolute atomic E-state index is 0.0488. The highest BCUT2D eigenvalue weighted by atomic mass is 35.5. The molecular formula is C17H13ClN2O4S. The van der Waals surface area contributed by atoms with E-state index in [4.69, 9.17) is 21.4 Å². The lowest BCUT2D eigenvalue weighted by Gasteiger charge is -2.02. The molecule has 0 aliphatic heterocycles. The summed E-state index contributed by atoms with van der Waals surface area (Å²) in [5, 5.41) is 10.5. The van der Waals surface area contributed by atoms with E-state index >= 15 is 0 Å². The summed E-state index contributed by atoms with van der Waals surface area (Å²) < 4.78 is 6.34. The van der Waals surface area contributed by atoms with Crippen LogP contribution in [0.25, 0.3) is 17.1 Å². The zero-order valence-electron chi connectivity index (χ0n) is 13.1. The molecule has 0 spiro atoms. The van der Waals surface area contributed by atoms with E-state index in [1.165, 1.54) is 15.7 Å². The SMILES string of the molecule is COc1ccc(C=Cc2nc3scc(CC(=O)O)n3c(=O)c2Cl)cc1. The summed E-state index contributed by atoms with van der Waals surface area (Å²) in [6, 6.07) is 7.38. The van der Waals surface area contributed by atoms with Gasteiger partial charge in [-0.25, -0.2) is 4.98 Å². The lowest BCUT2D eigenvalue weighted by atomic mass is 10.2. The van der Waals surface area contributed by atoms with Crippen molar-refractivity contribution < 1.29 is 14.6 Å². The number of fused-ring (bicyclic) bond motifs is 1. The average Bonchev–Trinajstić information content (AvgIpc) is 2.99. The Balaban J connectivity index is 1.99. The first-order valence-corrected chi connectivity index (χ1v) is 8.48. The van der Waals surface area contributed by atoms with Gasteiger partial charge in [-0.15, -0.1) is 11.3 Å². The fourth-order valence-corrected chi connectivity index (χ4v) is 3.36. The number of hydrogen-bond acceptors (Lipinski definition) is 5. The first-order chi connectivity index (χ1) is 12.0. The third-order valence-electron chi connectivity index (χ3n) is 3.49. The molecule has 6 nitrogen and oxygen atoms in total. The van der Waals surface area contributed by atoms with Crippen molar-refractivity contribution in [3.05, 3.63) is 62.0 Å². The molecule has 0 radical (unpaired) electrons. The number of carboxylic acids is 1. The van der Waals surface area contributed by atoms with Crippen LogP contribution >= 0.6 is 22.9 Å². The number of benzene rings is 1. The van der Waals surface area contributed by atoms with Gasteiger partial charge in [0.1, 0.15) is 10.8 Å². The fraction of sp³-hybridized carbons (Fsp3) is 0.118. The quantitative estimate of drug-likeness (QED) is 0.739. The number of aromatic nitrogens is 2. The molecule has 128 valence electrons. The van der Waals surface area contributed by atoms with Crippen molar-refractivity contribution >= 4 is 46.0 Å². The number of ether oxygens (including phenoxy) is 1. The smallest absolute Gasteiger partial charge is 0.309 e. The number of methoxy groups -OCH3 is 1. The maximum atomic E-state index is 12.5. The number of rotatable bonds is 5. The molecule has 0 amide bonds. The van der Waals surface area contributed by atoms with Crippen molar-refractivity contribution in [2.45, 2.75) is 6.42 Å². The number of thiazole rings is 1. The van der Waals surface area contributed by atoms with Crippen LogP contribution in [0.15, 0.2) is 34.4 Å². The Morgan fingerprint density at radius 3 is 2.72 bits per heavy atom. The van der Waals surface area contributed by atoms with Crippen LogP contribution in [-0.4, -0.2) is 27.6 Å². The minimum atomic E-state index is -1.02. The minimum Gasteiger partial charge on any atom is -0.497 e. The Hall–Kier alpha value is -2.64. The molecule has 0 aliphatic carbocycles. The molecule has 0 atom stereocenters. The third-order valence-corrected chi connectivity index (χ3v) is 4.72. The van der Waals surface area contributed by atoms with Gasteiger partial charge >= 0.3 is 5.97 Å². The van der Waals surface area contributed by atoms with E-state index in [2.05, 4.69) is 4.98 Å². The first-order valence-electron chi connectivity index (χ1n) is 7.22. The van der Waals surface area contributed by atoms with Crippen molar-refractivity contribution in [1.29, 1.82) is 0 Å². The highest BCUT2D eigenvalue weighted by Crippen LogP contribution is 2.20. The lowest BCUT2D eigenvalue weighted by Crippen LogP contribution is -2.19. The molecule has 0 saturated carbocycles. The molecule has 1 aromatic carbocycles. The molecule has 25 heavy (non-hydrogen) atoms. The first kappa shape index (κ1) is 17.2. The topological polar surface area (TPSA) is 80.9 Å². The van der Waals surface area contributed by atoms with Crippen LogP contribution in [-0.2, 0) is 11.2 Å². The second-order valence-electron chi connectivity index (χ2n) is 5.14. The van der Waals surface area contributed by atoms with E-state index in [9.17, 15) is 9.59 Å². The van der Waals surface area contributed by atoms with E-state index < -0.39 is 11.5 Å². The molecule has 8 heteroatoms. The van der Waals surface area contributed by atoms with Crippen molar-refractivity contribution in [3.63, 3.8) is 0 Å². The predicted molar refractivity (Wildman–Crippen MR) is 97.6 cm³/mol. The maximum Gasteiger partial charge on any atom is 0.309 e. The Kier molecular flexibility index (Phi) is 4.87. The number of aliphatic carboxylic acids is 1. The summed E-state index contributed by atoms with van der Waals surface area (Å²) in [5.74, 6) is -0.274. The van der Waals surface area contributed by atoms with E-state index in [1.807, 2.05) is 24.3 Å². The van der Waals surface area contributed by atoms with Crippen molar-refractivity contribution in [2.75, 3.05) is 7.11 Å². The summed E-state index contributed by atoms with van der Waals surface area (Å²) in [6.45, 7) is 0.